The Morgan fingerprint density at radius 3 is 2.48 bits per heavy atom. The zero-order valence-electron chi connectivity index (χ0n) is 15.3. The molecule has 0 heterocycles. The lowest BCUT2D eigenvalue weighted by molar-refractivity contribution is 0.120. The summed E-state index contributed by atoms with van der Waals surface area (Å²) in [5.74, 6) is 1.79. The van der Waals surface area contributed by atoms with Crippen molar-refractivity contribution in [3.63, 3.8) is 0 Å². The summed E-state index contributed by atoms with van der Waals surface area (Å²) in [7, 11) is 1.69. The van der Waals surface area contributed by atoms with Gasteiger partial charge in [-0.3, -0.25) is 4.99 Å². The Bertz CT molecular complexity index is 500. The van der Waals surface area contributed by atoms with E-state index in [1.54, 1.807) is 7.11 Å². The Morgan fingerprint density at radius 2 is 1.88 bits per heavy atom. The standard InChI is InChI=1S/C19H31N3O2.HI/c1-3-20-19(22-16-8-10-17(23)11-9-16)21-14-4-5-15-6-12-18(24-2)13-7-15;/h6-7,12-13,16-17,23H,3-5,8-11,14H2,1-2H3,(H2,20,21,22);1H. The largest absolute Gasteiger partial charge is 0.497 e. The molecule has 142 valence electrons. The molecule has 0 amide bonds. The van der Waals surface area contributed by atoms with Gasteiger partial charge in [0.2, 0.25) is 0 Å². The molecule has 6 heteroatoms. The van der Waals surface area contributed by atoms with Crippen LogP contribution in [0.2, 0.25) is 0 Å². The summed E-state index contributed by atoms with van der Waals surface area (Å²) >= 11 is 0. The van der Waals surface area contributed by atoms with Crippen molar-refractivity contribution in [2.45, 2.75) is 57.6 Å². The Hall–Kier alpha value is -1.02. The highest BCUT2D eigenvalue weighted by atomic mass is 127. The van der Waals surface area contributed by atoms with Crippen molar-refractivity contribution in [2.75, 3.05) is 20.2 Å². The summed E-state index contributed by atoms with van der Waals surface area (Å²) in [6, 6.07) is 8.65. The monoisotopic (exact) mass is 461 g/mol. The van der Waals surface area contributed by atoms with Gasteiger partial charge in [0.25, 0.3) is 0 Å². The Kier molecular flexibility index (Phi) is 10.9. The first-order chi connectivity index (χ1) is 11.7. The van der Waals surface area contributed by atoms with E-state index in [4.69, 9.17) is 4.74 Å². The van der Waals surface area contributed by atoms with E-state index in [0.717, 1.165) is 63.3 Å². The lowest BCUT2D eigenvalue weighted by Crippen LogP contribution is -2.45. The average Bonchev–Trinajstić information content (AvgIpc) is 2.61. The van der Waals surface area contributed by atoms with Gasteiger partial charge in [-0.25, -0.2) is 0 Å². The predicted octanol–water partition coefficient (Wildman–Crippen LogP) is 3.10. The number of hydrogen-bond acceptors (Lipinski definition) is 3. The fraction of sp³-hybridized carbons (Fsp3) is 0.632. The van der Waals surface area contributed by atoms with E-state index < -0.39 is 0 Å². The summed E-state index contributed by atoms with van der Waals surface area (Å²) in [5, 5.41) is 16.4. The Balaban J connectivity index is 0.00000312. The number of methoxy groups -OCH3 is 1. The third-order valence-electron chi connectivity index (χ3n) is 4.43. The van der Waals surface area contributed by atoms with Crippen LogP contribution < -0.4 is 15.4 Å². The number of hydrogen-bond donors (Lipinski definition) is 3. The van der Waals surface area contributed by atoms with E-state index in [2.05, 4.69) is 34.7 Å². The van der Waals surface area contributed by atoms with Gasteiger partial charge in [-0.2, -0.15) is 0 Å². The number of nitrogens with zero attached hydrogens (tertiary/aromatic N) is 1. The smallest absolute Gasteiger partial charge is 0.191 e. The van der Waals surface area contributed by atoms with Crippen LogP contribution in [-0.4, -0.2) is 43.4 Å². The molecule has 0 unspecified atom stereocenters. The summed E-state index contributed by atoms with van der Waals surface area (Å²) in [5.41, 5.74) is 1.31. The number of aryl methyl sites for hydroxylation is 1. The van der Waals surface area contributed by atoms with E-state index in [-0.39, 0.29) is 30.1 Å². The topological polar surface area (TPSA) is 65.9 Å². The number of ether oxygens (including phenoxy) is 1. The zero-order chi connectivity index (χ0) is 17.2. The molecule has 1 aliphatic carbocycles. The van der Waals surface area contributed by atoms with Crippen LogP contribution in [0.25, 0.3) is 0 Å². The van der Waals surface area contributed by atoms with Crippen LogP contribution in [0.3, 0.4) is 0 Å². The van der Waals surface area contributed by atoms with Crippen LogP contribution >= 0.6 is 24.0 Å². The number of aliphatic hydroxyl groups is 1. The zero-order valence-corrected chi connectivity index (χ0v) is 17.7. The quantitative estimate of drug-likeness (QED) is 0.253. The highest BCUT2D eigenvalue weighted by Gasteiger charge is 2.19. The highest BCUT2D eigenvalue weighted by molar-refractivity contribution is 14.0. The van der Waals surface area contributed by atoms with Crippen molar-refractivity contribution in [1.29, 1.82) is 0 Å². The molecule has 25 heavy (non-hydrogen) atoms. The highest BCUT2D eigenvalue weighted by Crippen LogP contribution is 2.18. The van der Waals surface area contributed by atoms with Crippen LogP contribution in [0.5, 0.6) is 5.75 Å². The SMILES string of the molecule is CCNC(=NCCCc1ccc(OC)cc1)NC1CCC(O)CC1.I. The fourth-order valence-corrected chi connectivity index (χ4v) is 3.00. The molecule has 2 rings (SSSR count). The third-order valence-corrected chi connectivity index (χ3v) is 4.43. The number of nitrogens with one attached hydrogen (secondary N) is 2. The number of benzene rings is 1. The molecule has 0 saturated heterocycles. The minimum absolute atomic E-state index is 0. The fourth-order valence-electron chi connectivity index (χ4n) is 3.00. The lowest BCUT2D eigenvalue weighted by Gasteiger charge is -2.27. The van der Waals surface area contributed by atoms with Gasteiger partial charge < -0.3 is 20.5 Å². The molecule has 5 nitrogen and oxygen atoms in total. The lowest BCUT2D eigenvalue weighted by atomic mass is 9.93. The van der Waals surface area contributed by atoms with Gasteiger partial charge in [-0.1, -0.05) is 12.1 Å². The van der Waals surface area contributed by atoms with Crippen LogP contribution in [0.15, 0.2) is 29.3 Å². The van der Waals surface area contributed by atoms with Crippen LogP contribution in [0, 0.1) is 0 Å². The van der Waals surface area contributed by atoms with Crippen LogP contribution in [-0.2, 0) is 6.42 Å². The third kappa shape index (κ3) is 8.27. The minimum Gasteiger partial charge on any atom is -0.497 e. The first-order valence-corrected chi connectivity index (χ1v) is 9.07. The summed E-state index contributed by atoms with van der Waals surface area (Å²) in [4.78, 5) is 4.68. The van der Waals surface area contributed by atoms with Crippen LogP contribution in [0.1, 0.15) is 44.6 Å². The molecule has 0 spiro atoms. The second-order valence-corrected chi connectivity index (χ2v) is 6.36. The predicted molar refractivity (Wildman–Crippen MR) is 114 cm³/mol. The number of aliphatic hydroxyl groups excluding tert-OH is 1. The van der Waals surface area contributed by atoms with Crippen LogP contribution in [0.4, 0.5) is 0 Å². The van der Waals surface area contributed by atoms with E-state index in [1.165, 1.54) is 5.56 Å². The van der Waals surface area contributed by atoms with Crippen molar-refractivity contribution in [2.24, 2.45) is 4.99 Å². The van der Waals surface area contributed by atoms with Crippen molar-refractivity contribution in [3.05, 3.63) is 29.8 Å². The Morgan fingerprint density at radius 1 is 1.20 bits per heavy atom. The molecule has 1 aromatic carbocycles. The Labute approximate surface area is 168 Å². The number of guanidine groups is 1. The van der Waals surface area contributed by atoms with Gasteiger partial charge in [0.1, 0.15) is 5.75 Å². The molecule has 0 bridgehead atoms. The van der Waals surface area contributed by atoms with Crippen molar-refractivity contribution in [1.82, 2.24) is 10.6 Å². The molecule has 1 aliphatic rings. The summed E-state index contributed by atoms with van der Waals surface area (Å²) in [6.07, 6.45) is 5.71. The molecule has 1 saturated carbocycles. The summed E-state index contributed by atoms with van der Waals surface area (Å²) in [6.45, 7) is 3.75. The van der Waals surface area contributed by atoms with E-state index in [0.29, 0.717) is 6.04 Å². The van der Waals surface area contributed by atoms with Gasteiger partial charge in [-0.05, 0) is 63.1 Å². The van der Waals surface area contributed by atoms with E-state index in [1.807, 2.05) is 12.1 Å². The molecule has 0 aromatic heterocycles. The maximum absolute atomic E-state index is 9.60. The maximum Gasteiger partial charge on any atom is 0.191 e. The van der Waals surface area contributed by atoms with Crippen molar-refractivity contribution in [3.8, 4) is 5.75 Å². The van der Waals surface area contributed by atoms with Gasteiger partial charge in [0.05, 0.1) is 13.2 Å². The van der Waals surface area contributed by atoms with E-state index >= 15 is 0 Å². The van der Waals surface area contributed by atoms with Crippen molar-refractivity contribution < 1.29 is 9.84 Å². The van der Waals surface area contributed by atoms with Gasteiger partial charge in [0, 0.05) is 19.1 Å². The molecular formula is C19H32IN3O2. The molecule has 1 fully saturated rings. The molecule has 1 aromatic rings. The van der Waals surface area contributed by atoms with Gasteiger partial charge in [0.15, 0.2) is 5.96 Å². The first-order valence-electron chi connectivity index (χ1n) is 9.07. The normalized spacial score (nSPS) is 20.5. The average molecular weight is 461 g/mol. The van der Waals surface area contributed by atoms with Gasteiger partial charge in [-0.15, -0.1) is 24.0 Å². The molecule has 0 atom stereocenters. The first kappa shape index (κ1) is 22.0. The second-order valence-electron chi connectivity index (χ2n) is 6.36. The van der Waals surface area contributed by atoms with Gasteiger partial charge >= 0.3 is 0 Å². The number of rotatable bonds is 7. The minimum atomic E-state index is -0.118. The number of halogens is 1. The molecular weight excluding hydrogens is 429 g/mol. The number of aliphatic imine (C=N–C) groups is 1. The van der Waals surface area contributed by atoms with Crippen molar-refractivity contribution >= 4 is 29.9 Å². The second kappa shape index (κ2) is 12.4. The van der Waals surface area contributed by atoms with E-state index in [9.17, 15) is 5.11 Å². The summed E-state index contributed by atoms with van der Waals surface area (Å²) < 4.78 is 5.18. The molecule has 3 N–H and O–H groups in total. The maximum atomic E-state index is 9.60. The molecule has 0 aliphatic heterocycles. The molecule has 0 radical (unpaired) electrons.